The number of ether oxygens (including phenoxy) is 1. The van der Waals surface area contributed by atoms with Crippen molar-refractivity contribution >= 4 is 17.7 Å². The van der Waals surface area contributed by atoms with Crippen LogP contribution in [0.4, 0.5) is 5.69 Å². The lowest BCUT2D eigenvalue weighted by Crippen LogP contribution is -2.16. The predicted octanol–water partition coefficient (Wildman–Crippen LogP) is 2.36. The van der Waals surface area contributed by atoms with E-state index in [2.05, 4.69) is 11.1 Å². The molecule has 5 nitrogen and oxygen atoms in total. The van der Waals surface area contributed by atoms with Gasteiger partial charge in [0.1, 0.15) is 0 Å². The van der Waals surface area contributed by atoms with Gasteiger partial charge in [-0.05, 0) is 24.8 Å². The molecule has 1 aromatic heterocycles. The van der Waals surface area contributed by atoms with E-state index in [1.54, 1.807) is 6.07 Å². The molecule has 5 heteroatoms. The van der Waals surface area contributed by atoms with E-state index in [4.69, 9.17) is 16.2 Å². The van der Waals surface area contributed by atoms with Crippen LogP contribution in [0.2, 0.25) is 0 Å². The third-order valence-corrected chi connectivity index (χ3v) is 3.67. The highest BCUT2D eigenvalue weighted by atomic mass is 16.5. The van der Waals surface area contributed by atoms with Gasteiger partial charge in [-0.25, -0.2) is 4.98 Å². The van der Waals surface area contributed by atoms with Gasteiger partial charge < -0.3 is 16.2 Å². The minimum absolute atomic E-state index is 0.0525. The molecule has 1 heterocycles. The highest BCUT2D eigenvalue weighted by molar-refractivity contribution is 5.96. The fraction of sp³-hybridized carbons (Fsp3) is 0.467. The van der Waals surface area contributed by atoms with Crippen LogP contribution in [-0.4, -0.2) is 18.0 Å². The highest BCUT2D eigenvalue weighted by Gasteiger charge is 2.14. The molecule has 0 saturated heterocycles. The number of hydrogen-bond acceptors (Lipinski definition) is 4. The van der Waals surface area contributed by atoms with E-state index < -0.39 is 5.91 Å². The molecule has 1 aliphatic rings. The maximum Gasteiger partial charge on any atom is 0.269 e. The van der Waals surface area contributed by atoms with Crippen molar-refractivity contribution in [3.8, 4) is 5.88 Å². The van der Waals surface area contributed by atoms with Crippen LogP contribution in [-0.2, 0) is 0 Å². The van der Waals surface area contributed by atoms with E-state index in [0.29, 0.717) is 11.8 Å². The lowest BCUT2D eigenvalue weighted by Gasteiger charge is -2.17. The monoisotopic (exact) mass is 275 g/mol. The smallest absolute Gasteiger partial charge is 0.269 e. The molecule has 20 heavy (non-hydrogen) atoms. The van der Waals surface area contributed by atoms with Gasteiger partial charge in [-0.15, -0.1) is 0 Å². The topological polar surface area (TPSA) is 91.2 Å². The van der Waals surface area contributed by atoms with Crippen LogP contribution in [0.1, 0.15) is 48.2 Å². The van der Waals surface area contributed by atoms with E-state index in [9.17, 15) is 4.79 Å². The van der Waals surface area contributed by atoms with Crippen LogP contribution in [0, 0.1) is 5.92 Å². The Morgan fingerprint density at radius 2 is 2.10 bits per heavy atom. The Morgan fingerprint density at radius 1 is 1.40 bits per heavy atom. The van der Waals surface area contributed by atoms with Crippen LogP contribution >= 0.6 is 0 Å². The van der Waals surface area contributed by atoms with E-state index >= 15 is 0 Å². The van der Waals surface area contributed by atoms with Crippen molar-refractivity contribution in [2.24, 2.45) is 11.7 Å². The van der Waals surface area contributed by atoms with E-state index in [-0.39, 0.29) is 11.4 Å². The summed E-state index contributed by atoms with van der Waals surface area (Å²) in [7, 11) is 1.52. The highest BCUT2D eigenvalue weighted by Crippen LogP contribution is 2.27. The van der Waals surface area contributed by atoms with Crippen LogP contribution in [0.25, 0.3) is 6.08 Å². The summed E-state index contributed by atoms with van der Waals surface area (Å²) >= 11 is 0. The molecule has 1 fully saturated rings. The summed E-state index contributed by atoms with van der Waals surface area (Å²) in [4.78, 5) is 15.3. The van der Waals surface area contributed by atoms with Gasteiger partial charge in [0.2, 0.25) is 5.88 Å². The lowest BCUT2D eigenvalue weighted by atomic mass is 9.89. The van der Waals surface area contributed by atoms with E-state index in [0.717, 1.165) is 5.56 Å². The second-order valence-corrected chi connectivity index (χ2v) is 5.15. The summed E-state index contributed by atoms with van der Waals surface area (Å²) in [5.74, 6) is 0.328. The third-order valence-electron chi connectivity index (χ3n) is 3.67. The second kappa shape index (κ2) is 6.41. The van der Waals surface area contributed by atoms with Crippen LogP contribution < -0.4 is 16.2 Å². The minimum atomic E-state index is -0.649. The van der Waals surface area contributed by atoms with Gasteiger partial charge in [0, 0.05) is 5.56 Å². The first-order valence-corrected chi connectivity index (χ1v) is 6.94. The lowest BCUT2D eigenvalue weighted by molar-refractivity contribution is 0.0995. The zero-order valence-corrected chi connectivity index (χ0v) is 11.8. The molecule has 0 bridgehead atoms. The number of rotatable bonds is 4. The van der Waals surface area contributed by atoms with Crippen LogP contribution in [0.3, 0.4) is 0 Å². The average Bonchev–Trinajstić information content (AvgIpc) is 2.46. The van der Waals surface area contributed by atoms with E-state index in [1.165, 1.54) is 39.2 Å². The summed E-state index contributed by atoms with van der Waals surface area (Å²) < 4.78 is 5.21. The van der Waals surface area contributed by atoms with Crippen molar-refractivity contribution in [1.29, 1.82) is 0 Å². The SMILES string of the molecule is COc1nc(C(N)=O)c(N)cc1/C=C/C1CCCCC1. The normalized spacial score (nSPS) is 16.4. The van der Waals surface area contributed by atoms with E-state index in [1.807, 2.05) is 6.08 Å². The van der Waals surface area contributed by atoms with Crippen molar-refractivity contribution in [3.05, 3.63) is 23.4 Å². The number of carbonyl (C=O) groups excluding carboxylic acids is 1. The minimum Gasteiger partial charge on any atom is -0.481 e. The number of anilines is 1. The summed E-state index contributed by atoms with van der Waals surface area (Å²) in [6, 6.07) is 1.69. The number of carbonyl (C=O) groups is 1. The number of nitrogens with two attached hydrogens (primary N) is 2. The predicted molar refractivity (Wildman–Crippen MR) is 79.3 cm³/mol. The molecule has 0 unspecified atom stereocenters. The molecule has 4 N–H and O–H groups in total. The van der Waals surface area contributed by atoms with Gasteiger partial charge in [-0.1, -0.05) is 31.4 Å². The quantitative estimate of drug-likeness (QED) is 0.882. The molecule has 0 aromatic carbocycles. The molecular weight excluding hydrogens is 254 g/mol. The van der Waals surface area contributed by atoms with Gasteiger partial charge in [0.25, 0.3) is 5.91 Å². The summed E-state index contributed by atoms with van der Waals surface area (Å²) in [6.07, 6.45) is 10.5. The molecule has 108 valence electrons. The third kappa shape index (κ3) is 3.29. The fourth-order valence-corrected chi connectivity index (χ4v) is 2.57. The fourth-order valence-electron chi connectivity index (χ4n) is 2.57. The Hall–Kier alpha value is -2.04. The maximum absolute atomic E-state index is 11.2. The number of allylic oxidation sites excluding steroid dienone is 1. The second-order valence-electron chi connectivity index (χ2n) is 5.15. The van der Waals surface area contributed by atoms with Crippen LogP contribution in [0.15, 0.2) is 12.1 Å². The van der Waals surface area contributed by atoms with Crippen molar-refractivity contribution in [2.75, 3.05) is 12.8 Å². The number of aromatic nitrogens is 1. The zero-order chi connectivity index (χ0) is 14.5. The Bertz CT molecular complexity index is 520. The Labute approximate surface area is 119 Å². The summed E-state index contributed by atoms with van der Waals surface area (Å²) in [5, 5.41) is 0. The number of pyridine rings is 1. The number of nitrogen functional groups attached to an aromatic ring is 1. The first kappa shape index (κ1) is 14.4. The Balaban J connectivity index is 2.24. The van der Waals surface area contributed by atoms with Gasteiger partial charge in [0.05, 0.1) is 12.8 Å². The van der Waals surface area contributed by atoms with Crippen molar-refractivity contribution in [1.82, 2.24) is 4.98 Å². The number of primary amides is 1. The first-order chi connectivity index (χ1) is 9.61. The van der Waals surface area contributed by atoms with Gasteiger partial charge in [-0.2, -0.15) is 0 Å². The van der Waals surface area contributed by atoms with Crippen molar-refractivity contribution in [2.45, 2.75) is 32.1 Å². The van der Waals surface area contributed by atoms with Gasteiger partial charge in [-0.3, -0.25) is 4.79 Å². The Kier molecular flexibility index (Phi) is 4.61. The summed E-state index contributed by atoms with van der Waals surface area (Å²) in [5.41, 5.74) is 12.1. The van der Waals surface area contributed by atoms with Gasteiger partial charge >= 0.3 is 0 Å². The molecule has 0 spiro atoms. The molecule has 1 saturated carbocycles. The number of amides is 1. The molecule has 1 aromatic rings. The molecular formula is C15H21N3O2. The van der Waals surface area contributed by atoms with Crippen molar-refractivity contribution in [3.63, 3.8) is 0 Å². The number of methoxy groups -OCH3 is 1. The first-order valence-electron chi connectivity index (χ1n) is 6.94. The van der Waals surface area contributed by atoms with Crippen LogP contribution in [0.5, 0.6) is 5.88 Å². The zero-order valence-electron chi connectivity index (χ0n) is 11.8. The molecule has 1 amide bonds. The average molecular weight is 275 g/mol. The van der Waals surface area contributed by atoms with Crippen molar-refractivity contribution < 1.29 is 9.53 Å². The largest absolute Gasteiger partial charge is 0.481 e. The Morgan fingerprint density at radius 3 is 2.70 bits per heavy atom. The summed E-state index contributed by atoms with van der Waals surface area (Å²) in [6.45, 7) is 0. The number of nitrogens with zero attached hydrogens (tertiary/aromatic N) is 1. The molecule has 1 aliphatic carbocycles. The molecule has 2 rings (SSSR count). The molecule has 0 radical (unpaired) electrons. The molecule has 0 atom stereocenters. The van der Waals surface area contributed by atoms with Gasteiger partial charge in [0.15, 0.2) is 5.69 Å². The number of hydrogen-bond donors (Lipinski definition) is 2. The standard InChI is InChI=1S/C15H21N3O2/c1-20-15-11(8-7-10-5-3-2-4-6-10)9-12(16)13(18-15)14(17)19/h7-10H,2-6,16H2,1H3,(H2,17,19)/b8-7+. The maximum atomic E-state index is 11.2. The molecule has 0 aliphatic heterocycles.